The summed E-state index contributed by atoms with van der Waals surface area (Å²) in [7, 11) is 1.81. The van der Waals surface area contributed by atoms with Gasteiger partial charge in [-0.25, -0.2) is 0 Å². The number of hydrogen-bond donors (Lipinski definition) is 3. The Morgan fingerprint density at radius 3 is 2.23 bits per heavy atom. The van der Waals surface area contributed by atoms with Gasteiger partial charge in [-0.2, -0.15) is 0 Å². The lowest BCUT2D eigenvalue weighted by Gasteiger charge is -2.05. The van der Waals surface area contributed by atoms with Crippen LogP contribution in [0, 0.1) is 5.41 Å². The van der Waals surface area contributed by atoms with Gasteiger partial charge in [-0.3, -0.25) is 5.41 Å². The first-order chi connectivity index (χ1) is 5.25. The molecule has 0 amide bonds. The minimum Gasteiger partial charge on any atom is -0.388 e. The van der Waals surface area contributed by atoms with Crippen molar-refractivity contribution in [3.05, 3.63) is 29.8 Å². The van der Waals surface area contributed by atoms with Crippen molar-refractivity contribution in [2.75, 3.05) is 12.4 Å². The SMILES string of the molecule is CNc1ccccc1C(=N)N.Cl.Cl. The van der Waals surface area contributed by atoms with Crippen molar-refractivity contribution in [3.8, 4) is 0 Å². The normalized spacial score (nSPS) is 7.77. The molecule has 13 heavy (non-hydrogen) atoms. The molecule has 0 aliphatic rings. The zero-order chi connectivity index (χ0) is 8.27. The van der Waals surface area contributed by atoms with Gasteiger partial charge in [0.2, 0.25) is 0 Å². The standard InChI is InChI=1S/C8H11N3.2ClH/c1-11-7-5-3-2-4-6(7)8(9)10;;/h2-5,11H,1H3,(H3,9,10);2*1H. The first-order valence-electron chi connectivity index (χ1n) is 3.37. The number of nitrogen functional groups attached to an aromatic ring is 1. The summed E-state index contributed by atoms with van der Waals surface area (Å²) in [5, 5.41) is 10.2. The molecule has 0 aromatic heterocycles. The second kappa shape index (κ2) is 6.57. The van der Waals surface area contributed by atoms with Gasteiger partial charge < -0.3 is 11.1 Å². The Morgan fingerprint density at radius 2 is 1.85 bits per heavy atom. The Hall–Kier alpha value is -0.930. The van der Waals surface area contributed by atoms with Crippen LogP contribution in [0.3, 0.4) is 0 Å². The molecule has 0 aliphatic heterocycles. The minimum atomic E-state index is 0. The van der Waals surface area contributed by atoms with E-state index in [1.165, 1.54) is 0 Å². The summed E-state index contributed by atoms with van der Waals surface area (Å²) in [4.78, 5) is 0. The lowest BCUT2D eigenvalue weighted by atomic mass is 10.1. The second-order valence-corrected chi connectivity index (χ2v) is 2.21. The molecule has 0 spiro atoms. The third-order valence-corrected chi connectivity index (χ3v) is 1.49. The van der Waals surface area contributed by atoms with Gasteiger partial charge in [0.15, 0.2) is 0 Å². The van der Waals surface area contributed by atoms with Gasteiger partial charge in [0.25, 0.3) is 0 Å². The Morgan fingerprint density at radius 1 is 1.31 bits per heavy atom. The highest BCUT2D eigenvalue weighted by molar-refractivity contribution is 6.00. The average molecular weight is 222 g/mol. The second-order valence-electron chi connectivity index (χ2n) is 2.21. The smallest absolute Gasteiger partial charge is 0.124 e. The molecule has 1 rings (SSSR count). The molecule has 0 saturated carbocycles. The molecule has 4 N–H and O–H groups in total. The summed E-state index contributed by atoms with van der Waals surface area (Å²) in [6.07, 6.45) is 0. The van der Waals surface area contributed by atoms with E-state index in [0.29, 0.717) is 0 Å². The van der Waals surface area contributed by atoms with Crippen molar-refractivity contribution in [1.29, 1.82) is 5.41 Å². The molecule has 3 nitrogen and oxygen atoms in total. The van der Waals surface area contributed by atoms with E-state index in [1.807, 2.05) is 31.3 Å². The van der Waals surface area contributed by atoms with Gasteiger partial charge in [0.1, 0.15) is 5.84 Å². The largest absolute Gasteiger partial charge is 0.388 e. The maximum atomic E-state index is 7.22. The lowest BCUT2D eigenvalue weighted by Crippen LogP contribution is -2.13. The van der Waals surface area contributed by atoms with Crippen molar-refractivity contribution in [3.63, 3.8) is 0 Å². The van der Waals surface area contributed by atoms with Crippen LogP contribution in [-0.4, -0.2) is 12.9 Å². The summed E-state index contributed by atoms with van der Waals surface area (Å²) >= 11 is 0. The summed E-state index contributed by atoms with van der Waals surface area (Å²) in [5.74, 6) is 0.0925. The fourth-order valence-corrected chi connectivity index (χ4v) is 0.936. The van der Waals surface area contributed by atoms with Crippen molar-refractivity contribution >= 4 is 36.3 Å². The summed E-state index contributed by atoms with van der Waals surface area (Å²) in [5.41, 5.74) is 6.97. The number of nitrogens with one attached hydrogen (secondary N) is 2. The number of hydrogen-bond acceptors (Lipinski definition) is 2. The van der Waals surface area contributed by atoms with Crippen molar-refractivity contribution in [1.82, 2.24) is 0 Å². The molecular formula is C8H13Cl2N3. The van der Waals surface area contributed by atoms with E-state index in [9.17, 15) is 0 Å². The topological polar surface area (TPSA) is 61.9 Å². The average Bonchev–Trinajstić information content (AvgIpc) is 2.04. The summed E-state index contributed by atoms with van der Waals surface area (Å²) in [6.45, 7) is 0. The molecule has 1 aromatic carbocycles. The predicted octanol–water partition coefficient (Wildman–Crippen LogP) is 1.86. The number of nitrogens with two attached hydrogens (primary N) is 1. The van der Waals surface area contributed by atoms with Crippen LogP contribution in [0.25, 0.3) is 0 Å². The quantitative estimate of drug-likeness (QED) is 0.528. The summed E-state index contributed by atoms with van der Waals surface area (Å²) in [6, 6.07) is 7.46. The molecule has 0 aliphatic carbocycles. The van der Waals surface area contributed by atoms with Crippen LogP contribution < -0.4 is 11.1 Å². The number of anilines is 1. The highest BCUT2D eigenvalue weighted by atomic mass is 35.5. The van der Waals surface area contributed by atoms with Gasteiger partial charge in [0.05, 0.1) is 0 Å². The van der Waals surface area contributed by atoms with Crippen LogP contribution in [0.2, 0.25) is 0 Å². The summed E-state index contributed by atoms with van der Waals surface area (Å²) < 4.78 is 0. The third-order valence-electron chi connectivity index (χ3n) is 1.49. The van der Waals surface area contributed by atoms with Gasteiger partial charge in [-0.15, -0.1) is 24.8 Å². The van der Waals surface area contributed by atoms with Crippen LogP contribution in [0.1, 0.15) is 5.56 Å². The molecular weight excluding hydrogens is 209 g/mol. The van der Waals surface area contributed by atoms with Crippen molar-refractivity contribution in [2.24, 2.45) is 5.73 Å². The van der Waals surface area contributed by atoms with Crippen LogP contribution in [-0.2, 0) is 0 Å². The van der Waals surface area contributed by atoms with Crippen LogP contribution in [0.5, 0.6) is 0 Å². The first kappa shape index (κ1) is 14.6. The fraction of sp³-hybridized carbons (Fsp3) is 0.125. The van der Waals surface area contributed by atoms with E-state index in [1.54, 1.807) is 0 Å². The lowest BCUT2D eigenvalue weighted by molar-refractivity contribution is 1.40. The third kappa shape index (κ3) is 3.53. The highest BCUT2D eigenvalue weighted by Crippen LogP contribution is 2.12. The van der Waals surface area contributed by atoms with Crippen LogP contribution >= 0.6 is 24.8 Å². The van der Waals surface area contributed by atoms with Gasteiger partial charge in [0, 0.05) is 18.3 Å². The van der Waals surface area contributed by atoms with E-state index in [4.69, 9.17) is 11.1 Å². The maximum absolute atomic E-state index is 7.22. The van der Waals surface area contributed by atoms with E-state index >= 15 is 0 Å². The molecule has 0 radical (unpaired) electrons. The minimum absolute atomic E-state index is 0. The van der Waals surface area contributed by atoms with Crippen LogP contribution in [0.4, 0.5) is 5.69 Å². The molecule has 0 bridgehead atoms. The van der Waals surface area contributed by atoms with Crippen LogP contribution in [0.15, 0.2) is 24.3 Å². The number of rotatable bonds is 2. The monoisotopic (exact) mass is 221 g/mol. The maximum Gasteiger partial charge on any atom is 0.124 e. The van der Waals surface area contributed by atoms with Gasteiger partial charge >= 0.3 is 0 Å². The van der Waals surface area contributed by atoms with E-state index in [2.05, 4.69) is 5.32 Å². The Kier molecular flexibility index (Phi) is 7.37. The molecule has 0 atom stereocenters. The van der Waals surface area contributed by atoms with Gasteiger partial charge in [-0.05, 0) is 12.1 Å². The molecule has 0 heterocycles. The number of amidine groups is 1. The Labute approximate surface area is 90.0 Å². The first-order valence-corrected chi connectivity index (χ1v) is 3.37. The van der Waals surface area contributed by atoms with E-state index < -0.39 is 0 Å². The van der Waals surface area contributed by atoms with Crippen molar-refractivity contribution in [2.45, 2.75) is 0 Å². The molecule has 0 unspecified atom stereocenters. The molecule has 5 heteroatoms. The van der Waals surface area contributed by atoms with E-state index in [-0.39, 0.29) is 30.6 Å². The van der Waals surface area contributed by atoms with E-state index in [0.717, 1.165) is 11.3 Å². The Balaban J connectivity index is 0. The highest BCUT2D eigenvalue weighted by Gasteiger charge is 2.00. The number of benzene rings is 1. The Bertz CT molecular complexity index is 276. The molecule has 0 saturated heterocycles. The predicted molar refractivity (Wildman–Crippen MR) is 61.5 cm³/mol. The molecule has 74 valence electrons. The van der Waals surface area contributed by atoms with Crippen molar-refractivity contribution < 1.29 is 0 Å². The number of para-hydroxylation sites is 1. The zero-order valence-corrected chi connectivity index (χ0v) is 8.84. The molecule has 1 aromatic rings. The zero-order valence-electron chi connectivity index (χ0n) is 7.20. The number of halogens is 2. The fourth-order valence-electron chi connectivity index (χ4n) is 0.936. The molecule has 0 fully saturated rings. The van der Waals surface area contributed by atoms with Gasteiger partial charge in [-0.1, -0.05) is 12.1 Å².